The zero-order valence-electron chi connectivity index (χ0n) is 7.36. The van der Waals surface area contributed by atoms with E-state index in [-0.39, 0.29) is 12.4 Å². The van der Waals surface area contributed by atoms with Gasteiger partial charge in [-0.05, 0) is 0 Å². The Bertz CT molecular complexity index is 185. The molecule has 0 aromatic rings. The van der Waals surface area contributed by atoms with Crippen molar-refractivity contribution in [3.8, 4) is 0 Å². The minimum absolute atomic E-state index is 0.0521. The largest absolute Gasteiger partial charge is 0.435 e. The summed E-state index contributed by atoms with van der Waals surface area (Å²) in [5, 5.41) is 7.57. The van der Waals surface area contributed by atoms with Gasteiger partial charge in [-0.3, -0.25) is 4.79 Å². The summed E-state index contributed by atoms with van der Waals surface area (Å²) in [7, 11) is 0. The summed E-state index contributed by atoms with van der Waals surface area (Å²) >= 11 is 0. The monoisotopic (exact) mass is 188 g/mol. The molecule has 0 aromatic carbocycles. The Morgan fingerprint density at radius 1 is 1.46 bits per heavy atom. The fourth-order valence-corrected chi connectivity index (χ4v) is 0.272. The molecule has 0 spiro atoms. The van der Waals surface area contributed by atoms with Gasteiger partial charge in [0.15, 0.2) is 0 Å². The molecule has 0 aliphatic rings. The maximum atomic E-state index is 9.87. The Morgan fingerprint density at radius 2 is 2.00 bits per heavy atom. The van der Waals surface area contributed by atoms with E-state index in [1.807, 2.05) is 0 Å². The number of carbonyl (C=O) groups excluding carboxylic acids is 2. The van der Waals surface area contributed by atoms with E-state index in [1.54, 1.807) is 0 Å². The molecular formula is C8H12O5. The number of hydrogen-bond donors (Lipinski definition) is 1. The van der Waals surface area contributed by atoms with Crippen LogP contribution in [0.1, 0.15) is 13.3 Å². The first-order valence-electron chi connectivity index (χ1n) is 3.31. The second-order valence-electron chi connectivity index (χ2n) is 1.73. The van der Waals surface area contributed by atoms with Crippen molar-refractivity contribution in [1.82, 2.24) is 0 Å². The third-order valence-corrected chi connectivity index (χ3v) is 0.662. The average molecular weight is 188 g/mol. The lowest BCUT2D eigenvalue weighted by Gasteiger charge is -1.84. The first-order chi connectivity index (χ1) is 6.08. The SMILES string of the molecule is C=CCC(=O)OO.C=COC(C)=O. The zero-order chi connectivity index (χ0) is 10.7. The fraction of sp³-hybridized carbons (Fsp3) is 0.250. The standard InChI is InChI=1S/C4H6O3.C4H6O2/c1-2-3-4(5)7-6;1-3-6-4(2)5/h2,6H,1,3H2;3H,1H2,2H3. The zero-order valence-corrected chi connectivity index (χ0v) is 7.36. The molecule has 1 N–H and O–H groups in total. The summed E-state index contributed by atoms with van der Waals surface area (Å²) in [6.07, 6.45) is 2.50. The molecule has 0 aliphatic carbocycles. The maximum absolute atomic E-state index is 9.87. The van der Waals surface area contributed by atoms with Crippen LogP contribution in [0, 0.1) is 0 Å². The van der Waals surface area contributed by atoms with Gasteiger partial charge in [-0.2, -0.15) is 5.26 Å². The molecule has 0 radical (unpaired) electrons. The second-order valence-corrected chi connectivity index (χ2v) is 1.73. The molecule has 0 aromatic heterocycles. The molecule has 0 rings (SSSR count). The molecule has 5 nitrogen and oxygen atoms in total. The van der Waals surface area contributed by atoms with Crippen molar-refractivity contribution in [2.75, 3.05) is 0 Å². The van der Waals surface area contributed by atoms with Crippen molar-refractivity contribution in [3.05, 3.63) is 25.5 Å². The van der Waals surface area contributed by atoms with Crippen LogP contribution < -0.4 is 0 Å². The fourth-order valence-electron chi connectivity index (χ4n) is 0.272. The Hall–Kier alpha value is -1.62. The molecular weight excluding hydrogens is 176 g/mol. The minimum Gasteiger partial charge on any atom is -0.435 e. The lowest BCUT2D eigenvalue weighted by Crippen LogP contribution is -1.96. The topological polar surface area (TPSA) is 72.8 Å². The van der Waals surface area contributed by atoms with Crippen LogP contribution in [-0.2, 0) is 19.2 Å². The molecule has 0 amide bonds. The third kappa shape index (κ3) is 17.9. The van der Waals surface area contributed by atoms with Gasteiger partial charge in [0, 0.05) is 6.92 Å². The van der Waals surface area contributed by atoms with Crippen molar-refractivity contribution < 1.29 is 24.5 Å². The van der Waals surface area contributed by atoms with Gasteiger partial charge in [0.2, 0.25) is 0 Å². The third-order valence-electron chi connectivity index (χ3n) is 0.662. The van der Waals surface area contributed by atoms with Crippen LogP contribution >= 0.6 is 0 Å². The Labute approximate surface area is 76.2 Å². The average Bonchev–Trinajstić information content (AvgIpc) is 2.05. The predicted molar refractivity (Wildman–Crippen MR) is 45.5 cm³/mol. The number of rotatable bonds is 3. The normalized spacial score (nSPS) is 7.23. The van der Waals surface area contributed by atoms with E-state index >= 15 is 0 Å². The van der Waals surface area contributed by atoms with E-state index in [1.165, 1.54) is 13.0 Å². The molecule has 0 bridgehead atoms. The quantitative estimate of drug-likeness (QED) is 0.237. The van der Waals surface area contributed by atoms with E-state index in [0.29, 0.717) is 0 Å². The Kier molecular flexibility index (Phi) is 11.1. The van der Waals surface area contributed by atoms with Gasteiger partial charge in [-0.25, -0.2) is 4.79 Å². The van der Waals surface area contributed by atoms with Gasteiger partial charge in [0.05, 0.1) is 12.7 Å². The maximum Gasteiger partial charge on any atom is 0.345 e. The predicted octanol–water partition coefficient (Wildman–Crippen LogP) is 1.27. The summed E-state index contributed by atoms with van der Waals surface area (Å²) in [5.41, 5.74) is 0. The highest BCUT2D eigenvalue weighted by molar-refractivity contribution is 5.70. The Balaban J connectivity index is 0. The number of ether oxygens (including phenoxy) is 1. The second kappa shape index (κ2) is 10.4. The van der Waals surface area contributed by atoms with Crippen LogP contribution in [-0.4, -0.2) is 17.2 Å². The molecule has 0 heterocycles. The summed E-state index contributed by atoms with van der Waals surface area (Å²) in [6, 6.07) is 0. The van der Waals surface area contributed by atoms with Crippen molar-refractivity contribution in [3.63, 3.8) is 0 Å². The van der Waals surface area contributed by atoms with E-state index in [9.17, 15) is 9.59 Å². The van der Waals surface area contributed by atoms with Crippen molar-refractivity contribution in [2.24, 2.45) is 0 Å². The highest BCUT2D eigenvalue weighted by Crippen LogP contribution is 1.80. The lowest BCUT2D eigenvalue weighted by atomic mass is 10.4. The van der Waals surface area contributed by atoms with Gasteiger partial charge >= 0.3 is 11.9 Å². The summed E-state index contributed by atoms with van der Waals surface area (Å²) in [5.74, 6) is -1.01. The lowest BCUT2D eigenvalue weighted by molar-refractivity contribution is -0.233. The molecule has 0 saturated carbocycles. The van der Waals surface area contributed by atoms with Gasteiger partial charge in [0.1, 0.15) is 0 Å². The molecule has 74 valence electrons. The van der Waals surface area contributed by atoms with Gasteiger partial charge in [-0.15, -0.1) is 6.58 Å². The van der Waals surface area contributed by atoms with Crippen LogP contribution in [0.4, 0.5) is 0 Å². The van der Waals surface area contributed by atoms with Crippen LogP contribution in [0.5, 0.6) is 0 Å². The Morgan fingerprint density at radius 3 is 2.08 bits per heavy atom. The number of hydrogen-bond acceptors (Lipinski definition) is 5. The molecule has 0 atom stereocenters. The first-order valence-corrected chi connectivity index (χ1v) is 3.31. The van der Waals surface area contributed by atoms with Crippen molar-refractivity contribution in [2.45, 2.75) is 13.3 Å². The van der Waals surface area contributed by atoms with Crippen molar-refractivity contribution >= 4 is 11.9 Å². The molecule has 0 saturated heterocycles. The van der Waals surface area contributed by atoms with Crippen LogP contribution in [0.2, 0.25) is 0 Å². The highest BCUT2D eigenvalue weighted by atomic mass is 17.1. The van der Waals surface area contributed by atoms with Crippen LogP contribution in [0.15, 0.2) is 25.5 Å². The summed E-state index contributed by atoms with van der Waals surface area (Å²) < 4.78 is 4.17. The summed E-state index contributed by atoms with van der Waals surface area (Å²) in [6.45, 7) is 7.72. The van der Waals surface area contributed by atoms with Crippen LogP contribution in [0.25, 0.3) is 0 Å². The summed E-state index contributed by atoms with van der Waals surface area (Å²) in [4.78, 5) is 22.9. The first kappa shape index (κ1) is 13.9. The van der Waals surface area contributed by atoms with Crippen molar-refractivity contribution in [1.29, 1.82) is 0 Å². The van der Waals surface area contributed by atoms with Gasteiger partial charge < -0.3 is 9.62 Å². The van der Waals surface area contributed by atoms with E-state index in [2.05, 4.69) is 22.8 Å². The molecule has 13 heavy (non-hydrogen) atoms. The molecule has 0 fully saturated rings. The van der Waals surface area contributed by atoms with E-state index < -0.39 is 5.97 Å². The van der Waals surface area contributed by atoms with E-state index in [0.717, 1.165) is 6.26 Å². The minimum atomic E-state index is -0.685. The smallest absolute Gasteiger partial charge is 0.345 e. The molecule has 0 aliphatic heterocycles. The van der Waals surface area contributed by atoms with Crippen LogP contribution in [0.3, 0.4) is 0 Å². The number of carbonyl (C=O) groups is 2. The molecule has 5 heteroatoms. The van der Waals surface area contributed by atoms with Gasteiger partial charge in [0.25, 0.3) is 0 Å². The highest BCUT2D eigenvalue weighted by Gasteiger charge is 1.93. The number of esters is 1. The molecule has 0 unspecified atom stereocenters. The van der Waals surface area contributed by atoms with E-state index in [4.69, 9.17) is 5.26 Å². The van der Waals surface area contributed by atoms with Gasteiger partial charge in [-0.1, -0.05) is 12.7 Å².